The fourth-order valence-corrected chi connectivity index (χ4v) is 1.78. The number of hydrogen-bond donors (Lipinski definition) is 1. The lowest BCUT2D eigenvalue weighted by atomic mass is 10.2. The van der Waals surface area contributed by atoms with Crippen molar-refractivity contribution in [2.24, 2.45) is 0 Å². The van der Waals surface area contributed by atoms with E-state index in [4.69, 9.17) is 4.74 Å². The third-order valence-corrected chi connectivity index (χ3v) is 3.19. The first-order valence-corrected chi connectivity index (χ1v) is 6.57. The van der Waals surface area contributed by atoms with Gasteiger partial charge in [-0.15, -0.1) is 0 Å². The van der Waals surface area contributed by atoms with Crippen LogP contribution >= 0.6 is 0 Å². The number of nitrogens with zero attached hydrogens (tertiary/aromatic N) is 2. The quantitative estimate of drug-likeness (QED) is 0.819. The van der Waals surface area contributed by atoms with Gasteiger partial charge in [-0.25, -0.2) is 0 Å². The van der Waals surface area contributed by atoms with E-state index in [1.54, 1.807) is 19.4 Å². The van der Waals surface area contributed by atoms with Gasteiger partial charge in [-0.1, -0.05) is 6.92 Å². The number of methoxy groups -OCH3 is 1. The van der Waals surface area contributed by atoms with Gasteiger partial charge in [0.25, 0.3) is 5.91 Å². The van der Waals surface area contributed by atoms with Gasteiger partial charge in [0.1, 0.15) is 5.69 Å². The topological polar surface area (TPSA) is 54.5 Å². The Bertz CT molecular complexity index is 409. The molecule has 1 rings (SSSR count). The van der Waals surface area contributed by atoms with Crippen LogP contribution in [0, 0.1) is 0 Å². The molecule has 1 N–H and O–H groups in total. The van der Waals surface area contributed by atoms with Crippen molar-refractivity contribution in [1.29, 1.82) is 0 Å². The Morgan fingerprint density at radius 2 is 2.32 bits per heavy atom. The second kappa shape index (κ2) is 7.74. The van der Waals surface area contributed by atoms with Crippen LogP contribution < -0.4 is 5.32 Å². The van der Waals surface area contributed by atoms with Crippen molar-refractivity contribution in [3.63, 3.8) is 0 Å². The van der Waals surface area contributed by atoms with E-state index < -0.39 is 0 Å². The van der Waals surface area contributed by atoms with Crippen molar-refractivity contribution < 1.29 is 9.53 Å². The van der Waals surface area contributed by atoms with Crippen LogP contribution in [-0.2, 0) is 4.74 Å². The molecule has 0 radical (unpaired) electrons. The summed E-state index contributed by atoms with van der Waals surface area (Å²) in [5.41, 5.74) is 1.34. The van der Waals surface area contributed by atoms with Crippen LogP contribution in [0.3, 0.4) is 0 Å². The number of nitrogens with one attached hydrogen (secondary N) is 1. The average molecular weight is 265 g/mol. The summed E-state index contributed by atoms with van der Waals surface area (Å²) in [5, 5.41) is 3.01. The number of amides is 1. The lowest BCUT2D eigenvalue weighted by Crippen LogP contribution is -2.40. The van der Waals surface area contributed by atoms with E-state index in [0.717, 1.165) is 12.1 Å². The molecule has 0 aliphatic carbocycles. The maximum atomic E-state index is 12.5. The van der Waals surface area contributed by atoms with Gasteiger partial charge in [0.15, 0.2) is 0 Å². The molecular weight excluding hydrogens is 242 g/mol. The molecular formula is C14H23N3O2. The highest BCUT2D eigenvalue weighted by Crippen LogP contribution is 2.12. The molecule has 19 heavy (non-hydrogen) atoms. The summed E-state index contributed by atoms with van der Waals surface area (Å²) in [7, 11) is 3.46. The minimum absolute atomic E-state index is 0.0523. The molecule has 1 aromatic heterocycles. The Kier molecular flexibility index (Phi) is 6.29. The third-order valence-electron chi connectivity index (χ3n) is 3.19. The molecule has 0 bridgehead atoms. The summed E-state index contributed by atoms with van der Waals surface area (Å²) in [6, 6.07) is 3.77. The van der Waals surface area contributed by atoms with Crippen LogP contribution in [0.1, 0.15) is 30.8 Å². The molecule has 1 atom stereocenters. The summed E-state index contributed by atoms with van der Waals surface area (Å²) in [6.07, 6.45) is 2.55. The van der Waals surface area contributed by atoms with Crippen LogP contribution in [0.25, 0.3) is 0 Å². The van der Waals surface area contributed by atoms with Gasteiger partial charge < -0.3 is 15.0 Å². The first-order valence-electron chi connectivity index (χ1n) is 6.57. The predicted octanol–water partition coefficient (Wildman–Crippen LogP) is 2.01. The largest absolute Gasteiger partial charge is 0.388 e. The number of aromatic nitrogens is 1. The van der Waals surface area contributed by atoms with Gasteiger partial charge in [0.05, 0.1) is 6.61 Å². The summed E-state index contributed by atoms with van der Waals surface area (Å²) in [6.45, 7) is 5.21. The van der Waals surface area contributed by atoms with Crippen molar-refractivity contribution in [3.8, 4) is 0 Å². The lowest BCUT2D eigenvalue weighted by molar-refractivity contribution is 0.0608. The molecule has 0 fully saturated rings. The summed E-state index contributed by atoms with van der Waals surface area (Å²) in [5.74, 6) is -0.0523. The molecule has 1 unspecified atom stereocenters. The number of carbonyl (C=O) groups is 1. The average Bonchev–Trinajstić information content (AvgIpc) is 2.47. The fraction of sp³-hybridized carbons (Fsp3) is 0.571. The van der Waals surface area contributed by atoms with E-state index in [9.17, 15) is 4.79 Å². The Morgan fingerprint density at radius 1 is 1.58 bits per heavy atom. The molecule has 0 aromatic carbocycles. The first kappa shape index (κ1) is 15.4. The van der Waals surface area contributed by atoms with Gasteiger partial charge in [-0.2, -0.15) is 0 Å². The number of rotatable bonds is 7. The van der Waals surface area contributed by atoms with Gasteiger partial charge in [-0.05, 0) is 25.5 Å². The molecule has 5 heteroatoms. The van der Waals surface area contributed by atoms with Gasteiger partial charge in [0, 0.05) is 38.6 Å². The maximum Gasteiger partial charge on any atom is 0.272 e. The van der Waals surface area contributed by atoms with E-state index in [2.05, 4.69) is 17.2 Å². The number of ether oxygens (including phenoxy) is 1. The highest BCUT2D eigenvalue weighted by Gasteiger charge is 2.21. The summed E-state index contributed by atoms with van der Waals surface area (Å²) >= 11 is 0. The first-order chi connectivity index (χ1) is 9.13. The van der Waals surface area contributed by atoms with E-state index in [0.29, 0.717) is 18.8 Å². The smallest absolute Gasteiger partial charge is 0.272 e. The molecule has 1 heterocycles. The van der Waals surface area contributed by atoms with Gasteiger partial charge in [0.2, 0.25) is 0 Å². The van der Waals surface area contributed by atoms with E-state index in [1.807, 2.05) is 24.9 Å². The fourth-order valence-electron chi connectivity index (χ4n) is 1.78. The van der Waals surface area contributed by atoms with Crippen LogP contribution in [0.5, 0.6) is 0 Å². The number of hydrogen-bond acceptors (Lipinski definition) is 4. The normalized spacial score (nSPS) is 12.0. The molecule has 5 nitrogen and oxygen atoms in total. The molecule has 0 saturated carbocycles. The predicted molar refractivity (Wildman–Crippen MR) is 76.4 cm³/mol. The highest BCUT2D eigenvalue weighted by molar-refractivity contribution is 5.93. The third kappa shape index (κ3) is 4.21. The number of pyridine rings is 1. The molecule has 1 aromatic rings. The van der Waals surface area contributed by atoms with Crippen LogP contribution in [0.15, 0.2) is 18.3 Å². The van der Waals surface area contributed by atoms with Gasteiger partial charge in [-0.3, -0.25) is 9.78 Å². The molecule has 0 aliphatic rings. The number of anilines is 1. The monoisotopic (exact) mass is 265 g/mol. The van der Waals surface area contributed by atoms with E-state index in [-0.39, 0.29) is 11.9 Å². The summed E-state index contributed by atoms with van der Waals surface area (Å²) in [4.78, 5) is 18.5. The highest BCUT2D eigenvalue weighted by atomic mass is 16.5. The van der Waals surface area contributed by atoms with E-state index >= 15 is 0 Å². The van der Waals surface area contributed by atoms with Crippen molar-refractivity contribution in [2.75, 3.05) is 32.6 Å². The van der Waals surface area contributed by atoms with Crippen molar-refractivity contribution in [2.45, 2.75) is 26.3 Å². The molecule has 0 saturated heterocycles. The van der Waals surface area contributed by atoms with Gasteiger partial charge >= 0.3 is 0 Å². The van der Waals surface area contributed by atoms with Crippen molar-refractivity contribution >= 4 is 11.6 Å². The molecule has 1 amide bonds. The summed E-state index contributed by atoms with van der Waals surface area (Å²) < 4.78 is 5.07. The van der Waals surface area contributed by atoms with Crippen LogP contribution in [0.2, 0.25) is 0 Å². The van der Waals surface area contributed by atoms with Crippen molar-refractivity contribution in [3.05, 3.63) is 24.0 Å². The Morgan fingerprint density at radius 3 is 2.89 bits per heavy atom. The number of carbonyl (C=O) groups excluding carboxylic acids is 1. The Hall–Kier alpha value is -1.62. The maximum absolute atomic E-state index is 12.5. The van der Waals surface area contributed by atoms with E-state index in [1.165, 1.54) is 0 Å². The second-order valence-corrected chi connectivity index (χ2v) is 4.43. The SMILES string of the molecule is CCC(C)N(CCOC)C(=O)c1cc(NC)ccn1. The standard InChI is InChI=1S/C14H23N3O2/c1-5-11(2)17(8-9-19-4)14(18)13-10-12(15-3)6-7-16-13/h6-7,10-11H,5,8-9H2,1-4H3,(H,15,16). The molecule has 0 spiro atoms. The second-order valence-electron chi connectivity index (χ2n) is 4.43. The zero-order valence-corrected chi connectivity index (χ0v) is 12.1. The minimum atomic E-state index is -0.0523. The zero-order valence-electron chi connectivity index (χ0n) is 12.1. The van der Waals surface area contributed by atoms with Crippen LogP contribution in [-0.4, -0.2) is 49.1 Å². The van der Waals surface area contributed by atoms with Crippen molar-refractivity contribution in [1.82, 2.24) is 9.88 Å². The lowest BCUT2D eigenvalue weighted by Gasteiger charge is -2.28. The Balaban J connectivity index is 2.90. The van der Waals surface area contributed by atoms with Crippen LogP contribution in [0.4, 0.5) is 5.69 Å². The minimum Gasteiger partial charge on any atom is -0.388 e. The molecule has 0 aliphatic heterocycles. The zero-order chi connectivity index (χ0) is 14.3. The molecule has 106 valence electrons. The Labute approximate surface area is 115 Å².